The number of aromatic nitrogens is 3. The molecule has 0 aliphatic carbocycles. The van der Waals surface area contributed by atoms with Crippen LogP contribution in [0.25, 0.3) is 16.9 Å². The van der Waals surface area contributed by atoms with Gasteiger partial charge in [0.15, 0.2) is 0 Å². The van der Waals surface area contributed by atoms with Crippen LogP contribution in [0, 0.1) is 11.3 Å². The number of nitrogens with one attached hydrogen (secondary N) is 3. The van der Waals surface area contributed by atoms with Crippen molar-refractivity contribution < 1.29 is 14.3 Å². The number of nitriles is 1. The molecular weight excluding hydrogens is 477 g/mol. The molecule has 37 heavy (non-hydrogen) atoms. The number of carbonyl (C=O) groups is 1. The van der Waals surface area contributed by atoms with Crippen LogP contribution in [0.3, 0.4) is 0 Å². The third kappa shape index (κ3) is 5.43. The van der Waals surface area contributed by atoms with Crippen LogP contribution in [0.15, 0.2) is 55.0 Å². The summed E-state index contributed by atoms with van der Waals surface area (Å²) in [5, 5.41) is 25.4. The van der Waals surface area contributed by atoms with Crippen molar-refractivity contribution in [3.8, 4) is 11.9 Å². The lowest BCUT2D eigenvalue weighted by molar-refractivity contribution is -0.00177. The summed E-state index contributed by atoms with van der Waals surface area (Å²) in [6.45, 7) is 2.26. The van der Waals surface area contributed by atoms with Gasteiger partial charge in [-0.05, 0) is 44.2 Å². The van der Waals surface area contributed by atoms with Gasteiger partial charge < -0.3 is 26.9 Å². The van der Waals surface area contributed by atoms with Crippen LogP contribution in [0.1, 0.15) is 29.8 Å². The molecule has 1 atom stereocenters. The highest BCUT2D eigenvalue weighted by Gasteiger charge is 2.27. The van der Waals surface area contributed by atoms with Gasteiger partial charge in [-0.25, -0.2) is 14.4 Å². The van der Waals surface area contributed by atoms with Crippen molar-refractivity contribution >= 4 is 39.7 Å². The number of fused-ring (bicyclic) bond motifs is 1. The van der Waals surface area contributed by atoms with Crippen molar-refractivity contribution in [2.75, 3.05) is 23.0 Å². The minimum absolute atomic E-state index is 0.141. The zero-order chi connectivity index (χ0) is 26.7. The van der Waals surface area contributed by atoms with Crippen LogP contribution in [-0.4, -0.2) is 43.9 Å². The fraction of sp³-hybridized carbons (Fsp3) is 0.200. The topological polar surface area (TPSA) is 180 Å². The van der Waals surface area contributed by atoms with Gasteiger partial charge in [0.1, 0.15) is 23.7 Å². The van der Waals surface area contributed by atoms with Crippen LogP contribution >= 0.6 is 0 Å². The van der Waals surface area contributed by atoms with Crippen LogP contribution in [0.5, 0.6) is 0 Å². The van der Waals surface area contributed by atoms with Gasteiger partial charge >= 0.3 is 0 Å². The van der Waals surface area contributed by atoms with Crippen molar-refractivity contribution in [3.05, 3.63) is 66.1 Å². The lowest BCUT2D eigenvalue weighted by atomic mass is 10.0. The van der Waals surface area contributed by atoms with Crippen LogP contribution in [-0.2, 0) is 0 Å². The molecule has 190 valence electrons. The van der Waals surface area contributed by atoms with Gasteiger partial charge in [0.2, 0.25) is 0 Å². The molecule has 11 nitrogen and oxygen atoms in total. The van der Waals surface area contributed by atoms with E-state index in [1.165, 1.54) is 26.2 Å². The van der Waals surface area contributed by atoms with E-state index in [-0.39, 0.29) is 12.1 Å². The number of nitrogen functional groups attached to an aromatic ring is 2. The maximum Gasteiger partial charge on any atom is 0.255 e. The fourth-order valence-electron chi connectivity index (χ4n) is 3.57. The maximum atomic E-state index is 14.2. The van der Waals surface area contributed by atoms with Crippen molar-refractivity contribution in [1.82, 2.24) is 19.9 Å². The zero-order valence-corrected chi connectivity index (χ0v) is 20.2. The number of anilines is 4. The Morgan fingerprint density at radius 3 is 2.70 bits per heavy atom. The van der Waals surface area contributed by atoms with Crippen molar-refractivity contribution in [2.45, 2.75) is 25.6 Å². The summed E-state index contributed by atoms with van der Waals surface area (Å²) >= 11 is 0. The molecule has 12 heteroatoms. The summed E-state index contributed by atoms with van der Waals surface area (Å²) in [7, 11) is 0. The summed E-state index contributed by atoms with van der Waals surface area (Å²) in [5.41, 5.74) is 9.79. The number of nitrogens with two attached hydrogens (primary N) is 2. The molecule has 4 aromatic rings. The highest BCUT2D eigenvalue weighted by atomic mass is 19.1. The number of pyridine rings is 2. The molecule has 0 saturated carbocycles. The SMILES string of the molecule is CC(C)(O)C(F)CNC(=O)c1cnc(-n2ccc3cc(C#N)cnc32)cc1Nc1ccc(N)c(NN)c1. The third-order valence-corrected chi connectivity index (χ3v) is 5.73. The highest BCUT2D eigenvalue weighted by Crippen LogP contribution is 2.28. The van der Waals surface area contributed by atoms with Crippen LogP contribution in [0.4, 0.5) is 27.1 Å². The smallest absolute Gasteiger partial charge is 0.255 e. The van der Waals surface area contributed by atoms with Gasteiger partial charge in [-0.15, -0.1) is 0 Å². The largest absolute Gasteiger partial charge is 0.397 e. The predicted molar refractivity (Wildman–Crippen MR) is 139 cm³/mol. The molecule has 3 aromatic heterocycles. The van der Waals surface area contributed by atoms with Gasteiger partial charge in [0, 0.05) is 35.7 Å². The van der Waals surface area contributed by atoms with Gasteiger partial charge in [-0.3, -0.25) is 15.2 Å². The number of halogens is 1. The Morgan fingerprint density at radius 1 is 1.22 bits per heavy atom. The first-order valence-electron chi connectivity index (χ1n) is 11.3. The average molecular weight is 504 g/mol. The van der Waals surface area contributed by atoms with Gasteiger partial charge in [0.05, 0.1) is 40.3 Å². The number of aliphatic hydroxyl groups is 1. The molecule has 0 radical (unpaired) electrons. The lowest BCUT2D eigenvalue weighted by Crippen LogP contribution is -2.42. The molecule has 0 aliphatic heterocycles. The number of rotatable bonds is 8. The van der Waals surface area contributed by atoms with Gasteiger partial charge in [0.25, 0.3) is 5.91 Å². The number of alkyl halides is 1. The van der Waals surface area contributed by atoms with Crippen LogP contribution < -0.4 is 27.6 Å². The predicted octanol–water partition coefficient (Wildman–Crippen LogP) is 2.74. The first-order valence-corrected chi connectivity index (χ1v) is 11.3. The van der Waals surface area contributed by atoms with Gasteiger partial charge in [-0.2, -0.15) is 5.26 Å². The number of hydrazine groups is 1. The van der Waals surface area contributed by atoms with Crippen LogP contribution in [0.2, 0.25) is 0 Å². The van der Waals surface area contributed by atoms with E-state index < -0.39 is 17.7 Å². The monoisotopic (exact) mass is 503 g/mol. The average Bonchev–Trinajstić information content (AvgIpc) is 3.30. The molecular formula is C25H26FN9O2. The number of nitrogens with zero attached hydrogens (tertiary/aromatic N) is 4. The van der Waals surface area contributed by atoms with Crippen molar-refractivity contribution in [2.24, 2.45) is 5.84 Å². The Balaban J connectivity index is 1.73. The van der Waals surface area contributed by atoms with E-state index in [9.17, 15) is 14.3 Å². The standard InChI is InChI=1S/C25H26FN9O2/c1-25(2,37)21(26)13-32-24(36)17-12-30-22(35-6-5-15-7-14(10-27)11-31-23(15)35)9-19(17)33-16-3-4-18(28)20(8-16)34-29/h3-9,11-12,21,34,37H,13,28-29H2,1-2H3,(H,30,33)(H,32,36). The Labute approximate surface area is 211 Å². The number of amides is 1. The summed E-state index contributed by atoms with van der Waals surface area (Å²) in [5.74, 6) is 5.39. The minimum Gasteiger partial charge on any atom is -0.397 e. The molecule has 0 bridgehead atoms. The second-order valence-corrected chi connectivity index (χ2v) is 8.93. The normalized spacial score (nSPS) is 12.1. The molecule has 3 heterocycles. The highest BCUT2D eigenvalue weighted by molar-refractivity contribution is 6.00. The molecule has 0 spiro atoms. The number of benzene rings is 1. The summed E-state index contributed by atoms with van der Waals surface area (Å²) in [6, 6.07) is 12.2. The van der Waals surface area contributed by atoms with E-state index >= 15 is 0 Å². The second-order valence-electron chi connectivity index (χ2n) is 8.93. The molecule has 8 N–H and O–H groups in total. The lowest BCUT2D eigenvalue weighted by Gasteiger charge is -2.22. The second kappa shape index (κ2) is 10.1. The van der Waals surface area contributed by atoms with E-state index in [2.05, 4.69) is 32.1 Å². The zero-order valence-electron chi connectivity index (χ0n) is 20.2. The maximum absolute atomic E-state index is 14.2. The van der Waals surface area contributed by atoms with Gasteiger partial charge in [-0.1, -0.05) is 0 Å². The quantitative estimate of drug-likeness (QED) is 0.120. The Bertz CT molecular complexity index is 1500. The summed E-state index contributed by atoms with van der Waals surface area (Å²) in [6.07, 6.45) is 2.90. The molecule has 0 fully saturated rings. The Morgan fingerprint density at radius 2 is 2.00 bits per heavy atom. The summed E-state index contributed by atoms with van der Waals surface area (Å²) in [4.78, 5) is 21.8. The Hall–Kier alpha value is -4.73. The first-order chi connectivity index (χ1) is 17.6. The Kier molecular flexibility index (Phi) is 6.92. The number of hydrogen-bond acceptors (Lipinski definition) is 9. The van der Waals surface area contributed by atoms with E-state index in [1.807, 2.05) is 0 Å². The fourth-order valence-corrected chi connectivity index (χ4v) is 3.57. The number of carbonyl (C=O) groups excluding carboxylic acids is 1. The van der Waals surface area contributed by atoms with E-state index in [4.69, 9.17) is 16.8 Å². The molecule has 0 aliphatic rings. The van der Waals surface area contributed by atoms with E-state index in [0.29, 0.717) is 39.8 Å². The minimum atomic E-state index is -1.68. The molecule has 4 rings (SSSR count). The molecule has 1 amide bonds. The third-order valence-electron chi connectivity index (χ3n) is 5.73. The molecule has 1 aromatic carbocycles. The van der Waals surface area contributed by atoms with Crippen molar-refractivity contribution in [1.29, 1.82) is 5.26 Å². The number of hydrogen-bond donors (Lipinski definition) is 6. The summed E-state index contributed by atoms with van der Waals surface area (Å²) < 4.78 is 16.0. The van der Waals surface area contributed by atoms with E-state index in [0.717, 1.165) is 5.39 Å². The molecule has 0 saturated heterocycles. The van der Waals surface area contributed by atoms with E-state index in [1.54, 1.807) is 47.2 Å². The molecule has 1 unspecified atom stereocenters. The first kappa shape index (κ1) is 25.4. The van der Waals surface area contributed by atoms with Crippen molar-refractivity contribution in [3.63, 3.8) is 0 Å².